The van der Waals surface area contributed by atoms with Gasteiger partial charge in [-0.2, -0.15) is 0 Å². The van der Waals surface area contributed by atoms with E-state index in [2.05, 4.69) is 30.9 Å². The Morgan fingerprint density at radius 2 is 1.93 bits per heavy atom. The summed E-state index contributed by atoms with van der Waals surface area (Å²) in [5.41, 5.74) is 7.83. The van der Waals surface area contributed by atoms with Gasteiger partial charge in [-0.25, -0.2) is 4.63 Å². The van der Waals surface area contributed by atoms with E-state index in [0.717, 1.165) is 10.0 Å². The van der Waals surface area contributed by atoms with E-state index in [1.807, 2.05) is 24.3 Å². The third-order valence-corrected chi connectivity index (χ3v) is 2.40. The fraction of sp³-hybridized carbons (Fsp3) is 0.111. The number of nitrogens with zero attached hydrogens (tertiary/aromatic N) is 2. The van der Waals surface area contributed by atoms with E-state index in [4.69, 9.17) is 5.73 Å². The van der Waals surface area contributed by atoms with Crippen LogP contribution in [0.2, 0.25) is 0 Å². The molecule has 0 atom stereocenters. The minimum absolute atomic E-state index is 0.328. The third-order valence-electron chi connectivity index (χ3n) is 1.87. The summed E-state index contributed by atoms with van der Waals surface area (Å²) in [6, 6.07) is 7.74. The standard InChI is InChI=1S/C9H8BrN3O/c10-7-3-1-6(2-4-7)9-8(5-11)12-14-13-9/h1-4H,5,11H2. The second-order valence-electron chi connectivity index (χ2n) is 2.77. The first-order chi connectivity index (χ1) is 6.81. The number of nitrogens with two attached hydrogens (primary N) is 1. The summed E-state index contributed by atoms with van der Waals surface area (Å²) >= 11 is 3.36. The summed E-state index contributed by atoms with van der Waals surface area (Å²) in [6.45, 7) is 0.328. The van der Waals surface area contributed by atoms with Crippen LogP contribution in [0.3, 0.4) is 0 Å². The van der Waals surface area contributed by atoms with Crippen molar-refractivity contribution in [2.45, 2.75) is 6.54 Å². The highest BCUT2D eigenvalue weighted by molar-refractivity contribution is 9.10. The van der Waals surface area contributed by atoms with E-state index in [0.29, 0.717) is 17.9 Å². The van der Waals surface area contributed by atoms with Gasteiger partial charge < -0.3 is 5.73 Å². The Morgan fingerprint density at radius 1 is 1.21 bits per heavy atom. The van der Waals surface area contributed by atoms with Gasteiger partial charge >= 0.3 is 0 Å². The highest BCUT2D eigenvalue weighted by Gasteiger charge is 2.09. The van der Waals surface area contributed by atoms with Gasteiger partial charge in [0.15, 0.2) is 0 Å². The van der Waals surface area contributed by atoms with Crippen LogP contribution in [0, 0.1) is 0 Å². The molecule has 0 aliphatic heterocycles. The van der Waals surface area contributed by atoms with E-state index >= 15 is 0 Å². The van der Waals surface area contributed by atoms with Crippen molar-refractivity contribution in [2.75, 3.05) is 0 Å². The molecule has 0 fully saturated rings. The first-order valence-electron chi connectivity index (χ1n) is 4.08. The molecule has 1 heterocycles. The summed E-state index contributed by atoms with van der Waals surface area (Å²) < 4.78 is 5.65. The molecule has 5 heteroatoms. The second-order valence-corrected chi connectivity index (χ2v) is 3.69. The molecule has 0 spiro atoms. The van der Waals surface area contributed by atoms with E-state index in [1.165, 1.54) is 0 Å². The Kier molecular flexibility index (Phi) is 2.60. The van der Waals surface area contributed by atoms with Crippen LogP contribution in [0.1, 0.15) is 5.69 Å². The quantitative estimate of drug-likeness (QED) is 0.889. The van der Waals surface area contributed by atoms with Gasteiger partial charge in [0.25, 0.3) is 0 Å². The monoisotopic (exact) mass is 253 g/mol. The number of benzene rings is 1. The zero-order chi connectivity index (χ0) is 9.97. The molecule has 0 unspecified atom stereocenters. The van der Waals surface area contributed by atoms with Crippen LogP contribution >= 0.6 is 15.9 Å². The Morgan fingerprint density at radius 3 is 2.57 bits per heavy atom. The lowest BCUT2D eigenvalue weighted by Crippen LogP contribution is -1.98. The lowest BCUT2D eigenvalue weighted by Gasteiger charge is -1.96. The van der Waals surface area contributed by atoms with E-state index in [1.54, 1.807) is 0 Å². The molecule has 0 bridgehead atoms. The molecule has 1 aromatic heterocycles. The predicted molar refractivity (Wildman–Crippen MR) is 55.3 cm³/mol. The molecule has 2 N–H and O–H groups in total. The average Bonchev–Trinajstić information content (AvgIpc) is 2.67. The van der Waals surface area contributed by atoms with Gasteiger partial charge in [-0.1, -0.05) is 33.2 Å². The van der Waals surface area contributed by atoms with Crippen molar-refractivity contribution in [1.29, 1.82) is 0 Å². The first-order valence-corrected chi connectivity index (χ1v) is 4.88. The van der Waals surface area contributed by atoms with Gasteiger partial charge in [-0.05, 0) is 17.3 Å². The molecule has 0 amide bonds. The molecule has 0 radical (unpaired) electrons. The van der Waals surface area contributed by atoms with Crippen molar-refractivity contribution in [3.8, 4) is 11.3 Å². The topological polar surface area (TPSA) is 64.9 Å². The number of aromatic nitrogens is 2. The molecule has 2 aromatic rings. The average molecular weight is 254 g/mol. The molecular weight excluding hydrogens is 246 g/mol. The zero-order valence-electron chi connectivity index (χ0n) is 7.27. The van der Waals surface area contributed by atoms with Gasteiger partial charge in [-0.15, -0.1) is 0 Å². The van der Waals surface area contributed by atoms with Crippen LogP contribution in [-0.4, -0.2) is 10.3 Å². The summed E-state index contributed by atoms with van der Waals surface area (Å²) in [5.74, 6) is 0. The Hall–Kier alpha value is -1.20. The molecule has 0 saturated heterocycles. The Bertz CT molecular complexity index is 424. The lowest BCUT2D eigenvalue weighted by atomic mass is 10.1. The lowest BCUT2D eigenvalue weighted by molar-refractivity contribution is 0.304. The van der Waals surface area contributed by atoms with E-state index < -0.39 is 0 Å². The molecular formula is C9H8BrN3O. The van der Waals surface area contributed by atoms with Crippen molar-refractivity contribution >= 4 is 15.9 Å². The van der Waals surface area contributed by atoms with Crippen LogP contribution in [0.4, 0.5) is 0 Å². The van der Waals surface area contributed by atoms with Crippen molar-refractivity contribution < 1.29 is 4.63 Å². The molecule has 14 heavy (non-hydrogen) atoms. The van der Waals surface area contributed by atoms with Gasteiger partial charge in [-0.3, -0.25) is 0 Å². The molecule has 0 aliphatic rings. The van der Waals surface area contributed by atoms with Crippen LogP contribution in [0.15, 0.2) is 33.4 Å². The number of halogens is 1. The SMILES string of the molecule is NCc1nonc1-c1ccc(Br)cc1. The van der Waals surface area contributed by atoms with Crippen LogP contribution in [0.5, 0.6) is 0 Å². The highest BCUT2D eigenvalue weighted by atomic mass is 79.9. The highest BCUT2D eigenvalue weighted by Crippen LogP contribution is 2.21. The maximum absolute atomic E-state index is 5.49. The fourth-order valence-electron chi connectivity index (χ4n) is 1.17. The molecule has 4 nitrogen and oxygen atoms in total. The summed E-state index contributed by atoms with van der Waals surface area (Å²) in [5, 5.41) is 7.52. The largest absolute Gasteiger partial charge is 0.325 e. The van der Waals surface area contributed by atoms with E-state index in [-0.39, 0.29) is 0 Å². The minimum Gasteiger partial charge on any atom is -0.325 e. The molecule has 0 aliphatic carbocycles. The maximum Gasteiger partial charge on any atom is 0.139 e. The summed E-state index contributed by atoms with van der Waals surface area (Å²) in [6.07, 6.45) is 0. The molecule has 1 aromatic carbocycles. The van der Waals surface area contributed by atoms with Crippen molar-refractivity contribution in [3.63, 3.8) is 0 Å². The fourth-order valence-corrected chi connectivity index (χ4v) is 1.43. The number of hydrogen-bond donors (Lipinski definition) is 1. The molecule has 0 saturated carbocycles. The van der Waals surface area contributed by atoms with E-state index in [9.17, 15) is 0 Å². The van der Waals surface area contributed by atoms with Gasteiger partial charge in [0.05, 0.1) is 0 Å². The van der Waals surface area contributed by atoms with Crippen molar-refractivity contribution in [1.82, 2.24) is 10.3 Å². The van der Waals surface area contributed by atoms with Gasteiger partial charge in [0, 0.05) is 16.6 Å². The summed E-state index contributed by atoms with van der Waals surface area (Å²) in [4.78, 5) is 0. The normalized spacial score (nSPS) is 10.4. The number of rotatable bonds is 2. The Balaban J connectivity index is 2.44. The predicted octanol–water partition coefficient (Wildman–Crippen LogP) is 1.96. The second kappa shape index (κ2) is 3.89. The maximum atomic E-state index is 5.49. The van der Waals surface area contributed by atoms with Gasteiger partial charge in [0.2, 0.25) is 0 Å². The van der Waals surface area contributed by atoms with Crippen LogP contribution in [-0.2, 0) is 6.54 Å². The van der Waals surface area contributed by atoms with Crippen LogP contribution < -0.4 is 5.73 Å². The van der Waals surface area contributed by atoms with Gasteiger partial charge in [0.1, 0.15) is 11.4 Å². The Labute approximate surface area is 89.2 Å². The molecule has 72 valence electrons. The van der Waals surface area contributed by atoms with Crippen molar-refractivity contribution in [3.05, 3.63) is 34.4 Å². The molecule has 2 rings (SSSR count). The zero-order valence-corrected chi connectivity index (χ0v) is 8.86. The smallest absolute Gasteiger partial charge is 0.139 e. The first kappa shape index (κ1) is 9.36. The third kappa shape index (κ3) is 1.69. The minimum atomic E-state index is 0.328. The van der Waals surface area contributed by atoms with Crippen molar-refractivity contribution in [2.24, 2.45) is 5.73 Å². The number of hydrogen-bond acceptors (Lipinski definition) is 4. The summed E-state index contributed by atoms with van der Waals surface area (Å²) in [7, 11) is 0. The van der Waals surface area contributed by atoms with Crippen LogP contribution in [0.25, 0.3) is 11.3 Å².